The molecule has 3 amide bonds. The van der Waals surface area contributed by atoms with Gasteiger partial charge in [0.1, 0.15) is 17.3 Å². The molecule has 2 aromatic rings. The molecular formula is C20H23BrN4O4. The molecule has 29 heavy (non-hydrogen) atoms. The maximum absolute atomic E-state index is 12.5. The van der Waals surface area contributed by atoms with Crippen LogP contribution in [-0.4, -0.2) is 47.2 Å². The van der Waals surface area contributed by atoms with Gasteiger partial charge in [-0.1, -0.05) is 0 Å². The van der Waals surface area contributed by atoms with E-state index >= 15 is 0 Å². The van der Waals surface area contributed by atoms with Crippen molar-refractivity contribution >= 4 is 39.5 Å². The third kappa shape index (κ3) is 5.44. The van der Waals surface area contributed by atoms with Gasteiger partial charge in [-0.25, -0.2) is 4.98 Å². The molecule has 0 aliphatic carbocycles. The van der Waals surface area contributed by atoms with E-state index in [1.807, 2.05) is 0 Å². The number of carbonyl (C=O) groups excluding carboxylic acids is 3. The third-order valence-corrected chi connectivity index (χ3v) is 5.28. The van der Waals surface area contributed by atoms with Gasteiger partial charge in [0.05, 0.1) is 18.0 Å². The Morgan fingerprint density at radius 2 is 2.10 bits per heavy atom. The first-order chi connectivity index (χ1) is 13.8. The van der Waals surface area contributed by atoms with Crippen LogP contribution in [0, 0.1) is 19.8 Å². The zero-order chi connectivity index (χ0) is 21.0. The number of nitrogens with one attached hydrogen (secondary N) is 2. The number of aromatic nitrogens is 1. The van der Waals surface area contributed by atoms with Gasteiger partial charge in [0.2, 0.25) is 11.8 Å². The average Bonchev–Trinajstić information content (AvgIpc) is 3.05. The molecule has 1 saturated heterocycles. The van der Waals surface area contributed by atoms with Crippen molar-refractivity contribution in [2.45, 2.75) is 26.7 Å². The molecule has 1 aliphatic heterocycles. The Kier molecular flexibility index (Phi) is 6.68. The van der Waals surface area contributed by atoms with Crippen LogP contribution in [0.2, 0.25) is 0 Å². The van der Waals surface area contributed by atoms with Gasteiger partial charge < -0.3 is 20.0 Å². The maximum Gasteiger partial charge on any atom is 0.255 e. The number of hydrogen-bond acceptors (Lipinski definition) is 5. The predicted molar refractivity (Wildman–Crippen MR) is 110 cm³/mol. The third-order valence-electron chi connectivity index (χ3n) is 4.81. The van der Waals surface area contributed by atoms with Crippen molar-refractivity contribution in [1.82, 2.24) is 15.2 Å². The maximum atomic E-state index is 12.5. The largest absolute Gasteiger partial charge is 0.466 e. The number of nitrogens with zero attached hydrogens (tertiary/aromatic N) is 2. The van der Waals surface area contributed by atoms with E-state index in [0.29, 0.717) is 42.4 Å². The van der Waals surface area contributed by atoms with Crippen LogP contribution in [-0.2, 0) is 9.59 Å². The van der Waals surface area contributed by atoms with E-state index in [-0.39, 0.29) is 30.2 Å². The summed E-state index contributed by atoms with van der Waals surface area (Å²) in [6.07, 6.45) is 3.04. The molecule has 1 unspecified atom stereocenters. The molecule has 1 atom stereocenters. The molecule has 2 aromatic heterocycles. The minimum absolute atomic E-state index is 0.120. The lowest BCUT2D eigenvalue weighted by molar-refractivity contribution is -0.133. The van der Waals surface area contributed by atoms with Crippen LogP contribution in [0.5, 0.6) is 0 Å². The molecule has 1 fully saturated rings. The van der Waals surface area contributed by atoms with E-state index in [1.54, 1.807) is 43.1 Å². The van der Waals surface area contributed by atoms with Crippen LogP contribution in [0.15, 0.2) is 33.3 Å². The minimum atomic E-state index is -0.347. The second-order valence-electron chi connectivity index (χ2n) is 7.04. The zero-order valence-corrected chi connectivity index (χ0v) is 17.9. The summed E-state index contributed by atoms with van der Waals surface area (Å²) in [6.45, 7) is 4.24. The summed E-state index contributed by atoms with van der Waals surface area (Å²) in [5.74, 6) is 0.599. The average molecular weight is 463 g/mol. The number of furan rings is 1. The van der Waals surface area contributed by atoms with Gasteiger partial charge in [0.25, 0.3) is 5.91 Å². The Labute approximate surface area is 177 Å². The number of aryl methyl sites for hydroxylation is 2. The molecule has 0 aromatic carbocycles. The van der Waals surface area contributed by atoms with Crippen LogP contribution in [0.25, 0.3) is 0 Å². The van der Waals surface area contributed by atoms with Crippen LogP contribution >= 0.6 is 15.9 Å². The molecule has 2 N–H and O–H groups in total. The number of anilines is 1. The standard InChI is InChI=1S/C20H23BrN4O4/c1-12-8-16(13(2)29-12)20(28)23-10-18(26)25-7-3-4-14(11-25)19(27)24-17-6-5-15(21)9-22-17/h5-6,8-9,14H,3-4,7,10-11H2,1-2H3,(H,23,28)(H,22,24,27). The van der Waals surface area contributed by atoms with Gasteiger partial charge in [-0.3, -0.25) is 14.4 Å². The summed E-state index contributed by atoms with van der Waals surface area (Å²) in [4.78, 5) is 43.1. The number of likely N-dealkylation sites (tertiary alicyclic amines) is 1. The SMILES string of the molecule is Cc1cc(C(=O)NCC(=O)N2CCCC(C(=O)Nc3ccc(Br)cn3)C2)c(C)o1. The fourth-order valence-corrected chi connectivity index (χ4v) is 3.55. The molecular weight excluding hydrogens is 440 g/mol. The molecule has 8 nitrogen and oxygen atoms in total. The van der Waals surface area contributed by atoms with Crippen molar-refractivity contribution < 1.29 is 18.8 Å². The first-order valence-electron chi connectivity index (χ1n) is 9.39. The first-order valence-corrected chi connectivity index (χ1v) is 10.2. The van der Waals surface area contributed by atoms with Crippen molar-refractivity contribution in [2.75, 3.05) is 25.0 Å². The van der Waals surface area contributed by atoms with Gasteiger partial charge in [0, 0.05) is 23.8 Å². The van der Waals surface area contributed by atoms with E-state index in [2.05, 4.69) is 31.5 Å². The summed E-state index contributed by atoms with van der Waals surface area (Å²) in [6, 6.07) is 5.15. The van der Waals surface area contributed by atoms with E-state index in [0.717, 1.165) is 10.9 Å². The number of pyridine rings is 1. The van der Waals surface area contributed by atoms with Gasteiger partial charge in [-0.15, -0.1) is 0 Å². The summed E-state index contributed by atoms with van der Waals surface area (Å²) in [7, 11) is 0. The highest BCUT2D eigenvalue weighted by atomic mass is 79.9. The van der Waals surface area contributed by atoms with Crippen LogP contribution in [0.4, 0.5) is 5.82 Å². The Morgan fingerprint density at radius 1 is 1.31 bits per heavy atom. The van der Waals surface area contributed by atoms with Crippen molar-refractivity contribution in [2.24, 2.45) is 5.92 Å². The van der Waals surface area contributed by atoms with Crippen molar-refractivity contribution in [1.29, 1.82) is 0 Å². The number of hydrogen-bond donors (Lipinski definition) is 2. The topological polar surface area (TPSA) is 105 Å². The number of carbonyl (C=O) groups is 3. The summed E-state index contributed by atoms with van der Waals surface area (Å²) in [5.41, 5.74) is 0.424. The Balaban J connectivity index is 1.52. The zero-order valence-electron chi connectivity index (χ0n) is 16.3. The van der Waals surface area contributed by atoms with Gasteiger partial charge in [-0.2, -0.15) is 0 Å². The summed E-state index contributed by atoms with van der Waals surface area (Å²) in [5, 5.41) is 5.42. The van der Waals surface area contributed by atoms with Crippen molar-refractivity contribution in [3.63, 3.8) is 0 Å². The number of halogens is 1. The Morgan fingerprint density at radius 3 is 2.76 bits per heavy atom. The lowest BCUT2D eigenvalue weighted by Crippen LogP contribution is -2.47. The van der Waals surface area contributed by atoms with E-state index in [9.17, 15) is 14.4 Å². The summed E-state index contributed by atoms with van der Waals surface area (Å²) < 4.78 is 6.17. The highest BCUT2D eigenvalue weighted by Crippen LogP contribution is 2.19. The molecule has 3 heterocycles. The smallest absolute Gasteiger partial charge is 0.255 e. The second kappa shape index (κ2) is 9.21. The van der Waals surface area contributed by atoms with Crippen molar-refractivity contribution in [3.8, 4) is 0 Å². The number of rotatable bonds is 5. The van der Waals surface area contributed by atoms with E-state index < -0.39 is 0 Å². The molecule has 3 rings (SSSR count). The lowest BCUT2D eigenvalue weighted by atomic mass is 9.97. The highest BCUT2D eigenvalue weighted by molar-refractivity contribution is 9.10. The molecule has 1 aliphatic rings. The highest BCUT2D eigenvalue weighted by Gasteiger charge is 2.29. The minimum Gasteiger partial charge on any atom is -0.466 e. The molecule has 0 radical (unpaired) electrons. The van der Waals surface area contributed by atoms with Gasteiger partial charge in [-0.05, 0) is 60.8 Å². The molecule has 0 bridgehead atoms. The van der Waals surface area contributed by atoms with Crippen LogP contribution in [0.1, 0.15) is 34.7 Å². The molecule has 9 heteroatoms. The van der Waals surface area contributed by atoms with Gasteiger partial charge >= 0.3 is 0 Å². The monoisotopic (exact) mass is 462 g/mol. The van der Waals surface area contributed by atoms with Gasteiger partial charge in [0.15, 0.2) is 0 Å². The summed E-state index contributed by atoms with van der Waals surface area (Å²) >= 11 is 3.30. The van der Waals surface area contributed by atoms with E-state index in [4.69, 9.17) is 4.42 Å². The molecule has 0 spiro atoms. The lowest BCUT2D eigenvalue weighted by Gasteiger charge is -2.32. The number of piperidine rings is 1. The van der Waals surface area contributed by atoms with Crippen LogP contribution in [0.3, 0.4) is 0 Å². The first kappa shape index (κ1) is 21.0. The second-order valence-corrected chi connectivity index (χ2v) is 7.96. The van der Waals surface area contributed by atoms with Crippen molar-refractivity contribution in [3.05, 3.63) is 46.0 Å². The van der Waals surface area contributed by atoms with Crippen LogP contribution < -0.4 is 10.6 Å². The number of amides is 3. The fourth-order valence-electron chi connectivity index (χ4n) is 3.31. The fraction of sp³-hybridized carbons (Fsp3) is 0.400. The van der Waals surface area contributed by atoms with E-state index in [1.165, 1.54) is 0 Å². The Hall–Kier alpha value is -2.68. The predicted octanol–water partition coefficient (Wildman–Crippen LogP) is 2.66. The molecule has 0 saturated carbocycles. The normalized spacial score (nSPS) is 16.4. The quantitative estimate of drug-likeness (QED) is 0.710. The molecule has 154 valence electrons. The Bertz CT molecular complexity index is 910.